The predicted octanol–water partition coefficient (Wildman–Crippen LogP) is 1.22. The van der Waals surface area contributed by atoms with E-state index in [0.29, 0.717) is 5.92 Å². The first kappa shape index (κ1) is 13.5. The molecule has 0 aliphatic carbocycles. The number of aryl methyl sites for hydroxylation is 1. The molecule has 0 saturated carbocycles. The van der Waals surface area contributed by atoms with Crippen LogP contribution in [-0.2, 0) is 7.05 Å². The first-order chi connectivity index (χ1) is 7.91. The van der Waals surface area contributed by atoms with Crippen LogP contribution in [-0.4, -0.2) is 26.8 Å². The lowest BCUT2D eigenvalue weighted by Gasteiger charge is -2.20. The Labute approximate surface area is 102 Å². The number of nitrogens with zero attached hydrogens (tertiary/aromatic N) is 3. The number of amides is 2. The van der Waals surface area contributed by atoms with Gasteiger partial charge in [0, 0.05) is 13.1 Å². The third-order valence-electron chi connectivity index (χ3n) is 2.84. The van der Waals surface area contributed by atoms with Crippen LogP contribution < -0.4 is 10.6 Å². The number of carbonyl (C=O) groups excluding carboxylic acids is 1. The Bertz CT molecular complexity index is 374. The van der Waals surface area contributed by atoms with Gasteiger partial charge < -0.3 is 15.2 Å². The van der Waals surface area contributed by atoms with E-state index in [4.69, 9.17) is 0 Å². The van der Waals surface area contributed by atoms with Crippen molar-refractivity contribution in [3.05, 3.63) is 12.2 Å². The van der Waals surface area contributed by atoms with Crippen LogP contribution in [0.3, 0.4) is 0 Å². The highest BCUT2D eigenvalue weighted by molar-refractivity contribution is 5.74. The minimum absolute atomic E-state index is 0.140. The van der Waals surface area contributed by atoms with Crippen LogP contribution in [0.1, 0.15) is 39.6 Å². The maximum atomic E-state index is 11.7. The van der Waals surface area contributed by atoms with Gasteiger partial charge in [-0.2, -0.15) is 0 Å². The van der Waals surface area contributed by atoms with Crippen LogP contribution in [0.2, 0.25) is 0 Å². The molecule has 0 bridgehead atoms. The summed E-state index contributed by atoms with van der Waals surface area (Å²) in [5, 5.41) is 13.5. The Hall–Kier alpha value is -1.59. The average Bonchev–Trinajstić information content (AvgIpc) is 2.63. The first-order valence-electron chi connectivity index (χ1n) is 5.82. The van der Waals surface area contributed by atoms with Gasteiger partial charge in [0.2, 0.25) is 0 Å². The Morgan fingerprint density at radius 1 is 1.29 bits per heavy atom. The van der Waals surface area contributed by atoms with Crippen LogP contribution in [0, 0.1) is 5.92 Å². The molecule has 0 aromatic carbocycles. The molecule has 0 aliphatic heterocycles. The molecule has 2 atom stereocenters. The molecule has 1 aromatic heterocycles. The molecule has 1 heterocycles. The highest BCUT2D eigenvalue weighted by Crippen LogP contribution is 2.07. The molecule has 96 valence electrons. The Balaban J connectivity index is 2.49. The van der Waals surface area contributed by atoms with E-state index in [1.807, 2.05) is 20.9 Å². The van der Waals surface area contributed by atoms with Crippen LogP contribution in [0.5, 0.6) is 0 Å². The standard InChI is InChI=1S/C11H21N5O/c1-7(2)8(3)13-11(17)14-9(4)10-15-12-6-16(10)5/h6-9H,1-5H3,(H2,13,14,17)/t8-,9+/m0/s1. The van der Waals surface area contributed by atoms with E-state index >= 15 is 0 Å². The molecule has 0 fully saturated rings. The molecule has 0 radical (unpaired) electrons. The van der Waals surface area contributed by atoms with Gasteiger partial charge in [-0.05, 0) is 19.8 Å². The first-order valence-corrected chi connectivity index (χ1v) is 5.82. The summed E-state index contributed by atoms with van der Waals surface area (Å²) < 4.78 is 1.79. The van der Waals surface area contributed by atoms with E-state index in [2.05, 4.69) is 34.7 Å². The quantitative estimate of drug-likeness (QED) is 0.829. The number of nitrogens with one attached hydrogen (secondary N) is 2. The molecule has 1 rings (SSSR count). The number of aromatic nitrogens is 3. The molecule has 0 aliphatic rings. The van der Waals surface area contributed by atoms with Crippen molar-refractivity contribution in [2.24, 2.45) is 13.0 Å². The van der Waals surface area contributed by atoms with Gasteiger partial charge in [-0.1, -0.05) is 13.8 Å². The summed E-state index contributed by atoms with van der Waals surface area (Å²) in [6.45, 7) is 8.00. The SMILES string of the molecule is CC(C)[C@H](C)NC(=O)N[C@H](C)c1nncn1C. The van der Waals surface area contributed by atoms with Gasteiger partial charge in [0.1, 0.15) is 6.33 Å². The maximum Gasteiger partial charge on any atom is 0.315 e. The lowest BCUT2D eigenvalue weighted by Crippen LogP contribution is -2.44. The second-order valence-corrected chi connectivity index (χ2v) is 4.67. The number of urea groups is 1. The lowest BCUT2D eigenvalue weighted by molar-refractivity contribution is 0.230. The third-order valence-corrected chi connectivity index (χ3v) is 2.84. The molecule has 0 spiro atoms. The lowest BCUT2D eigenvalue weighted by atomic mass is 10.1. The van der Waals surface area contributed by atoms with Crippen molar-refractivity contribution >= 4 is 6.03 Å². The summed E-state index contributed by atoms with van der Waals surface area (Å²) in [5.41, 5.74) is 0. The van der Waals surface area contributed by atoms with Crippen molar-refractivity contribution in [1.82, 2.24) is 25.4 Å². The predicted molar refractivity (Wildman–Crippen MR) is 65.4 cm³/mol. The Morgan fingerprint density at radius 2 is 1.94 bits per heavy atom. The van der Waals surface area contributed by atoms with Crippen molar-refractivity contribution in [1.29, 1.82) is 0 Å². The molecule has 6 nitrogen and oxygen atoms in total. The topological polar surface area (TPSA) is 71.8 Å². The largest absolute Gasteiger partial charge is 0.335 e. The van der Waals surface area contributed by atoms with Crippen LogP contribution in [0.15, 0.2) is 6.33 Å². The summed E-state index contributed by atoms with van der Waals surface area (Å²) in [5.74, 6) is 1.14. The monoisotopic (exact) mass is 239 g/mol. The van der Waals surface area contributed by atoms with E-state index in [1.54, 1.807) is 10.9 Å². The summed E-state index contributed by atoms with van der Waals surface area (Å²) in [6.07, 6.45) is 1.61. The van der Waals surface area contributed by atoms with Gasteiger partial charge in [-0.15, -0.1) is 10.2 Å². The van der Waals surface area contributed by atoms with Crippen LogP contribution in [0.4, 0.5) is 4.79 Å². The molecular formula is C11H21N5O. The van der Waals surface area contributed by atoms with Crippen LogP contribution in [0.25, 0.3) is 0 Å². The zero-order valence-corrected chi connectivity index (χ0v) is 11.1. The summed E-state index contributed by atoms with van der Waals surface area (Å²) in [7, 11) is 1.85. The molecule has 2 amide bonds. The number of carbonyl (C=O) groups is 1. The smallest absolute Gasteiger partial charge is 0.315 e. The minimum atomic E-state index is -0.179. The van der Waals surface area contributed by atoms with Gasteiger partial charge in [0.25, 0.3) is 0 Å². The van der Waals surface area contributed by atoms with Crippen molar-refractivity contribution in [3.8, 4) is 0 Å². The van der Waals surface area contributed by atoms with Gasteiger partial charge in [0.15, 0.2) is 5.82 Å². The Morgan fingerprint density at radius 3 is 2.41 bits per heavy atom. The highest BCUT2D eigenvalue weighted by atomic mass is 16.2. The molecule has 17 heavy (non-hydrogen) atoms. The Kier molecular flexibility index (Phi) is 4.48. The van der Waals surface area contributed by atoms with Gasteiger partial charge in [-0.25, -0.2) is 4.79 Å². The van der Waals surface area contributed by atoms with E-state index in [0.717, 1.165) is 5.82 Å². The zero-order valence-electron chi connectivity index (χ0n) is 11.1. The minimum Gasteiger partial charge on any atom is -0.335 e. The van der Waals surface area contributed by atoms with Crippen molar-refractivity contribution < 1.29 is 4.79 Å². The number of rotatable bonds is 4. The highest BCUT2D eigenvalue weighted by Gasteiger charge is 2.16. The van der Waals surface area contributed by atoms with E-state index in [9.17, 15) is 4.79 Å². The number of hydrogen-bond acceptors (Lipinski definition) is 3. The van der Waals surface area contributed by atoms with Crippen molar-refractivity contribution in [3.63, 3.8) is 0 Å². The van der Waals surface area contributed by atoms with Gasteiger partial charge >= 0.3 is 6.03 Å². The fourth-order valence-corrected chi connectivity index (χ4v) is 1.36. The molecule has 0 unspecified atom stereocenters. The normalized spacial score (nSPS) is 14.5. The van der Waals surface area contributed by atoms with E-state index in [1.165, 1.54) is 0 Å². The maximum absolute atomic E-state index is 11.7. The zero-order chi connectivity index (χ0) is 13.0. The third kappa shape index (κ3) is 3.72. The van der Waals surface area contributed by atoms with Crippen molar-refractivity contribution in [2.75, 3.05) is 0 Å². The molecule has 2 N–H and O–H groups in total. The fraction of sp³-hybridized carbons (Fsp3) is 0.727. The fourth-order valence-electron chi connectivity index (χ4n) is 1.36. The van der Waals surface area contributed by atoms with Crippen LogP contribution >= 0.6 is 0 Å². The molecule has 1 aromatic rings. The summed E-state index contributed by atoms with van der Waals surface area (Å²) in [4.78, 5) is 11.7. The van der Waals surface area contributed by atoms with Gasteiger partial charge in [0.05, 0.1) is 6.04 Å². The summed E-state index contributed by atoms with van der Waals surface area (Å²) in [6, 6.07) is -0.203. The average molecular weight is 239 g/mol. The number of hydrogen-bond donors (Lipinski definition) is 2. The summed E-state index contributed by atoms with van der Waals surface area (Å²) >= 11 is 0. The van der Waals surface area contributed by atoms with E-state index < -0.39 is 0 Å². The molecular weight excluding hydrogens is 218 g/mol. The van der Waals surface area contributed by atoms with E-state index in [-0.39, 0.29) is 18.1 Å². The molecule has 0 saturated heterocycles. The molecule has 6 heteroatoms. The van der Waals surface area contributed by atoms with Crippen molar-refractivity contribution in [2.45, 2.75) is 39.8 Å². The van der Waals surface area contributed by atoms with Gasteiger partial charge in [-0.3, -0.25) is 0 Å². The second-order valence-electron chi connectivity index (χ2n) is 4.67. The second kappa shape index (κ2) is 5.65.